The van der Waals surface area contributed by atoms with E-state index in [0.717, 1.165) is 48.8 Å². The van der Waals surface area contributed by atoms with Gasteiger partial charge in [-0.05, 0) is 146 Å². The molecule has 2 heterocycles. The van der Waals surface area contributed by atoms with E-state index >= 15 is 0 Å². The van der Waals surface area contributed by atoms with Crippen molar-refractivity contribution in [3.05, 3.63) is 129 Å². The average molecular weight is 1040 g/mol. The standard InChI is InChI=1S/C25H27F2N3O4S.C22H23F2N3O2.C3H5ClO2S/c26-18-3-2-17-13-25(14-23(31)20(17)12-18)7-9-30(10-8-25)24(32)28-15-16-1-6-21(27)22(11-16)29-35(33,34)19-4-5-19;23-16-3-2-15-11-22(12-20(28)17(15)10-16)5-7-27(8-6-22)21(29)26-13-14-1-4-18(24)19(25)9-14;4-7(5,6)3-1-2-3/h1-3,6,11-12,19,29H,4-5,7-10,13-15H2,(H,28,32);1-4,9-10H,5-8,11-13,25H2,(H,26,29);3H,1-2H2. The van der Waals surface area contributed by atoms with E-state index in [1.54, 1.807) is 28.0 Å². The molecule has 0 bridgehead atoms. The van der Waals surface area contributed by atoms with Crippen LogP contribution in [0.4, 0.5) is 38.5 Å². The summed E-state index contributed by atoms with van der Waals surface area (Å²) >= 11 is 0. The molecule has 4 aromatic carbocycles. The maximum Gasteiger partial charge on any atom is 0.317 e. The van der Waals surface area contributed by atoms with Gasteiger partial charge in [0.05, 0.1) is 21.9 Å². The molecule has 2 saturated carbocycles. The Hall–Kier alpha value is -5.73. The number of nitrogens with zero attached hydrogens (tertiary/aromatic N) is 2. The molecule has 5 N–H and O–H groups in total. The molecule has 10 rings (SSSR count). The number of nitrogens with one attached hydrogen (secondary N) is 3. The van der Waals surface area contributed by atoms with Gasteiger partial charge in [-0.15, -0.1) is 0 Å². The molecule has 4 fully saturated rings. The topological polar surface area (TPSA) is 205 Å². The average Bonchev–Trinajstić information content (AvgIpc) is 4.25. The predicted octanol–water partition coefficient (Wildman–Crippen LogP) is 8.38. The first-order chi connectivity index (χ1) is 33.6. The summed E-state index contributed by atoms with van der Waals surface area (Å²) in [5.74, 6) is -2.01. The fourth-order valence-corrected chi connectivity index (χ4v) is 12.4. The number of anilines is 2. The van der Waals surface area contributed by atoms with E-state index in [-0.39, 0.29) is 70.0 Å². The van der Waals surface area contributed by atoms with Gasteiger partial charge in [-0.1, -0.05) is 24.3 Å². The number of halogens is 5. The van der Waals surface area contributed by atoms with E-state index in [1.807, 2.05) is 0 Å². The molecule has 14 nitrogen and oxygen atoms in total. The fourth-order valence-electron chi connectivity index (χ4n) is 9.81. The van der Waals surface area contributed by atoms with Gasteiger partial charge in [0.2, 0.25) is 19.1 Å². The Morgan fingerprint density at radius 1 is 0.606 bits per heavy atom. The summed E-state index contributed by atoms with van der Waals surface area (Å²) in [6.07, 6.45) is 7.64. The molecule has 0 atom stereocenters. The summed E-state index contributed by atoms with van der Waals surface area (Å²) in [5.41, 5.74) is 9.14. The molecule has 71 heavy (non-hydrogen) atoms. The zero-order valence-corrected chi connectivity index (χ0v) is 41.1. The van der Waals surface area contributed by atoms with Gasteiger partial charge in [0, 0.05) is 73.9 Å². The molecule has 4 amide bonds. The van der Waals surface area contributed by atoms with Crippen molar-refractivity contribution in [1.29, 1.82) is 0 Å². The molecule has 0 aromatic heterocycles. The molecule has 2 aliphatic heterocycles. The highest BCUT2D eigenvalue weighted by Crippen LogP contribution is 2.45. The second-order valence-electron chi connectivity index (χ2n) is 19.6. The molecule has 380 valence electrons. The smallest absolute Gasteiger partial charge is 0.317 e. The van der Waals surface area contributed by atoms with Crippen molar-refractivity contribution >= 4 is 64.8 Å². The minimum Gasteiger partial charge on any atom is -0.396 e. The van der Waals surface area contributed by atoms with Gasteiger partial charge in [0.25, 0.3) is 0 Å². The molecule has 0 unspecified atom stereocenters. The highest BCUT2D eigenvalue weighted by Gasteiger charge is 2.43. The van der Waals surface area contributed by atoms with Gasteiger partial charge < -0.3 is 26.2 Å². The number of ketones is 2. The summed E-state index contributed by atoms with van der Waals surface area (Å²) in [7, 11) is -1.85. The third-order valence-corrected chi connectivity index (χ3v) is 18.2. The van der Waals surface area contributed by atoms with E-state index in [0.29, 0.717) is 87.8 Å². The zero-order valence-electron chi connectivity index (χ0n) is 38.8. The van der Waals surface area contributed by atoms with Gasteiger partial charge in [-0.25, -0.2) is 44.0 Å². The number of nitrogen functional groups attached to an aromatic ring is 1. The van der Waals surface area contributed by atoms with Crippen molar-refractivity contribution in [2.24, 2.45) is 10.8 Å². The number of benzene rings is 4. The molecule has 4 aromatic rings. The monoisotopic (exact) mass is 1040 g/mol. The third-order valence-electron chi connectivity index (χ3n) is 14.3. The number of hydrogen-bond donors (Lipinski definition) is 4. The molecular weight excluding hydrogens is 988 g/mol. The minimum atomic E-state index is -3.59. The predicted molar refractivity (Wildman–Crippen MR) is 260 cm³/mol. The number of urea groups is 2. The first kappa shape index (κ1) is 51.6. The number of amides is 4. The van der Waals surface area contributed by atoms with Crippen LogP contribution in [-0.4, -0.2) is 86.9 Å². The molecule has 2 saturated heterocycles. The molecule has 0 radical (unpaired) electrons. The van der Waals surface area contributed by atoms with Gasteiger partial charge in [0.15, 0.2) is 11.6 Å². The number of sulfonamides is 1. The quantitative estimate of drug-likeness (QED) is 0.0759. The van der Waals surface area contributed by atoms with E-state index in [1.165, 1.54) is 54.6 Å². The maximum atomic E-state index is 14.1. The lowest BCUT2D eigenvalue weighted by atomic mass is 9.66. The number of carbonyl (C=O) groups is 4. The summed E-state index contributed by atoms with van der Waals surface area (Å²) in [5, 5.41) is 4.97. The lowest BCUT2D eigenvalue weighted by Gasteiger charge is -2.44. The Morgan fingerprint density at radius 2 is 1.04 bits per heavy atom. The zero-order chi connectivity index (χ0) is 50.9. The molecule has 21 heteroatoms. The van der Waals surface area contributed by atoms with Gasteiger partial charge in [0.1, 0.15) is 23.3 Å². The number of rotatable bonds is 8. The maximum absolute atomic E-state index is 14.1. The molecule has 2 spiro atoms. The van der Waals surface area contributed by atoms with Crippen molar-refractivity contribution in [2.45, 2.75) is 101 Å². The largest absolute Gasteiger partial charge is 0.396 e. The van der Waals surface area contributed by atoms with Crippen molar-refractivity contribution in [2.75, 3.05) is 36.6 Å². The third kappa shape index (κ3) is 12.8. The van der Waals surface area contributed by atoms with Crippen LogP contribution in [0.15, 0.2) is 72.8 Å². The van der Waals surface area contributed by atoms with Crippen molar-refractivity contribution < 1.29 is 53.6 Å². The summed E-state index contributed by atoms with van der Waals surface area (Å²) < 4.78 is 101. The number of fused-ring (bicyclic) bond motifs is 2. The number of nitrogens with two attached hydrogens (primary N) is 1. The van der Waals surface area contributed by atoms with Crippen LogP contribution >= 0.6 is 10.7 Å². The highest BCUT2D eigenvalue weighted by molar-refractivity contribution is 8.14. The van der Waals surface area contributed by atoms with Gasteiger partial charge in [-0.3, -0.25) is 14.3 Å². The van der Waals surface area contributed by atoms with Crippen LogP contribution in [0.5, 0.6) is 0 Å². The van der Waals surface area contributed by atoms with Crippen molar-refractivity contribution in [1.82, 2.24) is 20.4 Å². The highest BCUT2D eigenvalue weighted by atomic mass is 35.7. The number of likely N-dealkylation sites (tertiary alicyclic amines) is 2. The van der Waals surface area contributed by atoms with Crippen molar-refractivity contribution in [3.8, 4) is 0 Å². The molecule has 6 aliphatic rings. The number of hydrogen-bond acceptors (Lipinski definition) is 9. The number of carbonyl (C=O) groups excluding carboxylic acids is 4. The number of piperidine rings is 2. The lowest BCUT2D eigenvalue weighted by Crippen LogP contribution is -2.49. The SMILES string of the molecule is Nc1cc(CNC(=O)N2CCC3(CC2)CC(=O)c2cc(F)ccc2C3)ccc1F.O=C1CC2(CCN(C(=O)NCc3ccc(F)c(NS(=O)(=O)C4CC4)c3)CC2)Cc2ccc(F)cc21.O=S(=O)(Cl)C1CC1. The number of Topliss-reactive ketones (excluding diaryl/α,β-unsaturated/α-hetero) is 2. The Kier molecular flexibility index (Phi) is 15.1. The summed E-state index contributed by atoms with van der Waals surface area (Å²) in [4.78, 5) is 53.8. The van der Waals surface area contributed by atoms with Crippen LogP contribution in [-0.2, 0) is 45.0 Å². The molecular formula is C50H55ClF4N6O8S2. The van der Waals surface area contributed by atoms with Crippen LogP contribution in [0.1, 0.15) is 107 Å². The second-order valence-corrected chi connectivity index (χ2v) is 24.5. The second kappa shape index (κ2) is 20.8. The van der Waals surface area contributed by atoms with Gasteiger partial charge in [-0.2, -0.15) is 0 Å². The first-order valence-corrected chi connectivity index (χ1v) is 27.5. The van der Waals surface area contributed by atoms with Gasteiger partial charge >= 0.3 is 12.1 Å². The normalized spacial score (nSPS) is 19.1. The van der Waals surface area contributed by atoms with Crippen LogP contribution in [0.25, 0.3) is 0 Å². The lowest BCUT2D eigenvalue weighted by molar-refractivity contribution is 0.0724. The van der Waals surface area contributed by atoms with Crippen LogP contribution in [0.2, 0.25) is 0 Å². The molecule has 4 aliphatic carbocycles. The Morgan fingerprint density at radius 3 is 1.45 bits per heavy atom. The Bertz CT molecular complexity index is 2960. The Balaban J connectivity index is 0.000000169. The summed E-state index contributed by atoms with van der Waals surface area (Å²) in [6, 6.07) is 16.8. The van der Waals surface area contributed by atoms with E-state index in [4.69, 9.17) is 16.4 Å². The first-order valence-electron chi connectivity index (χ1n) is 23.6. The Labute approximate surface area is 414 Å². The van der Waals surface area contributed by atoms with E-state index in [2.05, 4.69) is 15.4 Å². The fraction of sp³-hybridized carbons (Fsp3) is 0.440. The minimum absolute atomic E-state index is 0.0162. The van der Waals surface area contributed by atoms with E-state index in [9.17, 15) is 53.6 Å². The van der Waals surface area contributed by atoms with Crippen molar-refractivity contribution in [3.63, 3.8) is 0 Å². The van der Waals surface area contributed by atoms with Crippen LogP contribution in [0.3, 0.4) is 0 Å². The van der Waals surface area contributed by atoms with Crippen LogP contribution in [0, 0.1) is 34.1 Å². The van der Waals surface area contributed by atoms with Crippen LogP contribution < -0.4 is 21.1 Å². The van der Waals surface area contributed by atoms with E-state index < -0.39 is 41.8 Å². The summed E-state index contributed by atoms with van der Waals surface area (Å²) in [6.45, 7) is 2.48.